The zero-order chi connectivity index (χ0) is 21.8. The predicted molar refractivity (Wildman–Crippen MR) is 114 cm³/mol. The third-order valence-corrected chi connectivity index (χ3v) is 5.88. The first-order valence-electron chi connectivity index (χ1n) is 10.5. The molecule has 2 aromatic rings. The normalized spacial score (nSPS) is 17.5. The first kappa shape index (κ1) is 21.0. The summed E-state index contributed by atoms with van der Waals surface area (Å²) in [6.45, 7) is 3.66. The van der Waals surface area contributed by atoms with Crippen LogP contribution in [0.3, 0.4) is 0 Å². The van der Waals surface area contributed by atoms with Crippen LogP contribution in [0, 0.1) is 5.82 Å². The smallest absolute Gasteiger partial charge is 0.407 e. The molecule has 0 spiro atoms. The third-order valence-electron chi connectivity index (χ3n) is 5.88. The molecular weight excluding hydrogens is 401 g/mol. The highest BCUT2D eigenvalue weighted by Gasteiger charge is 2.24. The Hall–Kier alpha value is -3.29. The van der Waals surface area contributed by atoms with Gasteiger partial charge in [0, 0.05) is 63.4 Å². The highest BCUT2D eigenvalue weighted by Crippen LogP contribution is 2.24. The average Bonchev–Trinajstić information content (AvgIpc) is 2.80. The summed E-state index contributed by atoms with van der Waals surface area (Å²) in [7, 11) is 0. The highest BCUT2D eigenvalue weighted by molar-refractivity contribution is 5.94. The zero-order valence-electron chi connectivity index (χ0n) is 17.2. The molecule has 0 saturated carbocycles. The molecule has 2 fully saturated rings. The van der Waals surface area contributed by atoms with Gasteiger partial charge in [0.2, 0.25) is 0 Å². The van der Waals surface area contributed by atoms with Crippen LogP contribution in [0.4, 0.5) is 14.9 Å². The zero-order valence-corrected chi connectivity index (χ0v) is 17.2. The van der Waals surface area contributed by atoms with Gasteiger partial charge >= 0.3 is 6.09 Å². The van der Waals surface area contributed by atoms with Crippen LogP contribution in [0.25, 0.3) is 0 Å². The number of rotatable bonds is 4. The summed E-state index contributed by atoms with van der Waals surface area (Å²) in [4.78, 5) is 29.0. The fourth-order valence-corrected chi connectivity index (χ4v) is 4.04. The van der Waals surface area contributed by atoms with Crippen LogP contribution in [0.1, 0.15) is 23.2 Å². The van der Waals surface area contributed by atoms with Gasteiger partial charge in [-0.3, -0.25) is 4.79 Å². The van der Waals surface area contributed by atoms with E-state index in [1.54, 1.807) is 4.90 Å². The van der Waals surface area contributed by atoms with E-state index in [-0.39, 0.29) is 17.8 Å². The number of piperidine rings is 1. The van der Waals surface area contributed by atoms with Crippen molar-refractivity contribution in [2.75, 3.05) is 44.2 Å². The summed E-state index contributed by atoms with van der Waals surface area (Å²) >= 11 is 0. The van der Waals surface area contributed by atoms with E-state index in [0.29, 0.717) is 44.6 Å². The van der Waals surface area contributed by atoms with Crippen molar-refractivity contribution < 1.29 is 23.8 Å². The van der Waals surface area contributed by atoms with Crippen molar-refractivity contribution >= 4 is 17.7 Å². The Bertz CT molecular complexity index is 903. The fraction of sp³-hybridized carbons (Fsp3) is 0.391. The third kappa shape index (κ3) is 5.07. The number of piperazine rings is 1. The Labute approximate surface area is 180 Å². The molecule has 2 amide bonds. The Kier molecular flexibility index (Phi) is 6.25. The van der Waals surface area contributed by atoms with E-state index in [2.05, 4.69) is 4.90 Å². The first-order chi connectivity index (χ1) is 15.0. The quantitative estimate of drug-likeness (QED) is 0.811. The molecule has 1 N–H and O–H groups in total. The lowest BCUT2D eigenvalue weighted by Gasteiger charge is -2.36. The van der Waals surface area contributed by atoms with Gasteiger partial charge in [0.1, 0.15) is 17.7 Å². The molecular formula is C23H26FN3O4. The molecule has 164 valence electrons. The lowest BCUT2D eigenvalue weighted by molar-refractivity contribution is 0.0746. The van der Waals surface area contributed by atoms with Crippen LogP contribution >= 0.6 is 0 Å². The molecule has 2 aliphatic rings. The van der Waals surface area contributed by atoms with Crippen molar-refractivity contribution in [2.24, 2.45) is 0 Å². The summed E-state index contributed by atoms with van der Waals surface area (Å²) in [5.74, 6) is 0.361. The number of hydrogen-bond acceptors (Lipinski definition) is 4. The van der Waals surface area contributed by atoms with Crippen molar-refractivity contribution in [3.8, 4) is 5.75 Å². The van der Waals surface area contributed by atoms with Gasteiger partial charge < -0.3 is 24.5 Å². The van der Waals surface area contributed by atoms with E-state index in [1.165, 1.54) is 29.2 Å². The van der Waals surface area contributed by atoms with Gasteiger partial charge in [-0.2, -0.15) is 0 Å². The molecule has 0 aliphatic carbocycles. The minimum absolute atomic E-state index is 0.0301. The van der Waals surface area contributed by atoms with Crippen molar-refractivity contribution in [2.45, 2.75) is 18.9 Å². The lowest BCUT2D eigenvalue weighted by Crippen LogP contribution is -2.48. The second kappa shape index (κ2) is 9.24. The van der Waals surface area contributed by atoms with E-state index in [0.717, 1.165) is 24.5 Å². The monoisotopic (exact) mass is 427 g/mol. The van der Waals surface area contributed by atoms with Gasteiger partial charge in [-0.25, -0.2) is 9.18 Å². The topological polar surface area (TPSA) is 73.3 Å². The van der Waals surface area contributed by atoms with Crippen LogP contribution in [-0.4, -0.2) is 72.3 Å². The number of benzene rings is 2. The molecule has 0 radical (unpaired) electrons. The largest absolute Gasteiger partial charge is 0.490 e. The number of amides is 2. The summed E-state index contributed by atoms with van der Waals surface area (Å²) < 4.78 is 19.1. The SMILES string of the molecule is O=C(O)N1CCC(Oc2ccc(N3CCN(C(=O)c4ccc(F)cc4)CC3)cc2)CC1. The molecule has 2 aliphatic heterocycles. The van der Waals surface area contributed by atoms with Crippen molar-refractivity contribution in [1.82, 2.24) is 9.80 Å². The standard InChI is InChI=1S/C23H26FN3O4/c24-18-3-1-17(2-4-18)22(28)26-15-13-25(14-16-26)19-5-7-20(8-6-19)31-21-9-11-27(12-10-21)23(29)30/h1-8,21H,9-16H2,(H,29,30). The molecule has 0 aromatic heterocycles. The molecule has 2 saturated heterocycles. The number of nitrogens with zero attached hydrogens (tertiary/aromatic N) is 3. The van der Waals surface area contributed by atoms with E-state index in [1.807, 2.05) is 24.3 Å². The molecule has 8 heteroatoms. The molecule has 4 rings (SSSR count). The van der Waals surface area contributed by atoms with Gasteiger partial charge in [0.05, 0.1) is 0 Å². The Balaban J connectivity index is 1.27. The fourth-order valence-electron chi connectivity index (χ4n) is 4.04. The molecule has 0 atom stereocenters. The second-order valence-corrected chi connectivity index (χ2v) is 7.87. The van der Waals surface area contributed by atoms with Gasteiger partial charge in [0.15, 0.2) is 0 Å². The van der Waals surface area contributed by atoms with E-state index in [9.17, 15) is 14.0 Å². The number of carbonyl (C=O) groups excluding carboxylic acids is 1. The van der Waals surface area contributed by atoms with E-state index < -0.39 is 6.09 Å². The minimum atomic E-state index is -0.873. The van der Waals surface area contributed by atoms with Gasteiger partial charge in [-0.1, -0.05) is 0 Å². The number of ether oxygens (including phenoxy) is 1. The van der Waals surface area contributed by atoms with Crippen LogP contribution < -0.4 is 9.64 Å². The molecule has 2 heterocycles. The van der Waals surface area contributed by atoms with Crippen molar-refractivity contribution in [3.63, 3.8) is 0 Å². The molecule has 2 aromatic carbocycles. The maximum absolute atomic E-state index is 13.1. The Morgan fingerprint density at radius 3 is 2.03 bits per heavy atom. The maximum Gasteiger partial charge on any atom is 0.407 e. The molecule has 0 bridgehead atoms. The van der Waals surface area contributed by atoms with Crippen LogP contribution in [-0.2, 0) is 0 Å². The van der Waals surface area contributed by atoms with Crippen molar-refractivity contribution in [3.05, 3.63) is 59.9 Å². The number of carboxylic acid groups (broad SMARTS) is 1. The minimum Gasteiger partial charge on any atom is -0.490 e. The Morgan fingerprint density at radius 2 is 1.45 bits per heavy atom. The summed E-state index contributed by atoms with van der Waals surface area (Å²) in [6.07, 6.45) is 0.542. The van der Waals surface area contributed by atoms with Crippen LogP contribution in [0.5, 0.6) is 5.75 Å². The predicted octanol–water partition coefficient (Wildman–Crippen LogP) is 3.31. The number of anilines is 1. The molecule has 0 unspecified atom stereocenters. The van der Waals surface area contributed by atoms with Crippen LogP contribution in [0.15, 0.2) is 48.5 Å². The summed E-state index contributed by atoms with van der Waals surface area (Å²) in [5.41, 5.74) is 1.58. The number of likely N-dealkylation sites (tertiary alicyclic amines) is 1. The lowest BCUT2D eigenvalue weighted by atomic mass is 10.1. The van der Waals surface area contributed by atoms with E-state index >= 15 is 0 Å². The summed E-state index contributed by atoms with van der Waals surface area (Å²) in [6, 6.07) is 13.6. The van der Waals surface area contributed by atoms with Gasteiger partial charge in [-0.15, -0.1) is 0 Å². The molecule has 7 nitrogen and oxygen atoms in total. The number of hydrogen-bond donors (Lipinski definition) is 1. The first-order valence-corrected chi connectivity index (χ1v) is 10.5. The highest BCUT2D eigenvalue weighted by atomic mass is 19.1. The van der Waals surface area contributed by atoms with Gasteiger partial charge in [-0.05, 0) is 48.5 Å². The number of carbonyl (C=O) groups is 2. The maximum atomic E-state index is 13.1. The van der Waals surface area contributed by atoms with Gasteiger partial charge in [0.25, 0.3) is 5.91 Å². The number of halogens is 1. The van der Waals surface area contributed by atoms with E-state index in [4.69, 9.17) is 9.84 Å². The summed E-state index contributed by atoms with van der Waals surface area (Å²) in [5, 5.41) is 9.03. The second-order valence-electron chi connectivity index (χ2n) is 7.87. The van der Waals surface area contributed by atoms with Crippen molar-refractivity contribution in [1.29, 1.82) is 0 Å². The average molecular weight is 427 g/mol. The Morgan fingerprint density at radius 1 is 0.839 bits per heavy atom. The van der Waals surface area contributed by atoms with Crippen LogP contribution in [0.2, 0.25) is 0 Å². The molecule has 31 heavy (non-hydrogen) atoms.